The van der Waals surface area contributed by atoms with Crippen molar-refractivity contribution >= 4 is 5.78 Å². The number of carbonyl (C=O) groups excluding carboxylic acids is 1. The van der Waals surface area contributed by atoms with Gasteiger partial charge in [0, 0.05) is 6.54 Å². The predicted molar refractivity (Wildman–Crippen MR) is 74.7 cm³/mol. The second kappa shape index (κ2) is 5.41. The van der Waals surface area contributed by atoms with Gasteiger partial charge in [0.15, 0.2) is 5.78 Å². The van der Waals surface area contributed by atoms with Crippen molar-refractivity contribution in [3.05, 3.63) is 35.6 Å². The van der Waals surface area contributed by atoms with E-state index in [4.69, 9.17) is 0 Å². The first-order valence-electron chi connectivity index (χ1n) is 6.88. The first kappa shape index (κ1) is 14.2. The highest BCUT2D eigenvalue weighted by Crippen LogP contribution is 2.33. The number of carbonyl (C=O) groups is 1. The number of rotatable bonds is 3. The molecule has 0 aromatic heterocycles. The maximum Gasteiger partial charge on any atom is 0.179 e. The Hall–Kier alpha value is -1.22. The van der Waals surface area contributed by atoms with E-state index in [-0.39, 0.29) is 16.8 Å². The van der Waals surface area contributed by atoms with E-state index < -0.39 is 5.82 Å². The number of hydrogen-bond donors (Lipinski definition) is 0. The maximum atomic E-state index is 13.5. The molecule has 1 aliphatic rings. The van der Waals surface area contributed by atoms with Crippen LogP contribution in [0.25, 0.3) is 0 Å². The molecule has 1 aromatic carbocycles. The largest absolute Gasteiger partial charge is 0.295 e. The molecule has 0 bridgehead atoms. The Bertz CT molecular complexity index is 464. The van der Waals surface area contributed by atoms with Crippen LogP contribution in [-0.2, 0) is 0 Å². The van der Waals surface area contributed by atoms with Crippen LogP contribution in [0.3, 0.4) is 0 Å². The molecule has 1 fully saturated rings. The summed E-state index contributed by atoms with van der Waals surface area (Å²) in [5.41, 5.74) is 0.484. The van der Waals surface area contributed by atoms with Gasteiger partial charge in [-0.05, 0) is 36.4 Å². The fourth-order valence-corrected chi connectivity index (χ4v) is 2.66. The van der Waals surface area contributed by atoms with E-state index in [2.05, 4.69) is 25.7 Å². The number of Topliss-reactive ketones (excluding diaryl/α,β-unsaturated/α-hetero) is 1. The third kappa shape index (κ3) is 3.41. The molecule has 19 heavy (non-hydrogen) atoms. The minimum atomic E-state index is -0.418. The van der Waals surface area contributed by atoms with E-state index in [1.54, 1.807) is 18.2 Å². The molecule has 1 atom stereocenters. The summed E-state index contributed by atoms with van der Waals surface area (Å²) >= 11 is 0. The van der Waals surface area contributed by atoms with Crippen molar-refractivity contribution in [3.63, 3.8) is 0 Å². The second-order valence-corrected chi connectivity index (χ2v) is 6.49. The molecule has 1 unspecified atom stereocenters. The lowest BCUT2D eigenvalue weighted by Gasteiger charge is -2.27. The van der Waals surface area contributed by atoms with E-state index in [0.29, 0.717) is 12.5 Å². The average Bonchev–Trinajstić information content (AvgIpc) is 2.77. The first-order valence-corrected chi connectivity index (χ1v) is 6.88. The van der Waals surface area contributed by atoms with Gasteiger partial charge in [0.2, 0.25) is 0 Å². The minimum absolute atomic E-state index is 0.118. The lowest BCUT2D eigenvalue weighted by atomic mass is 9.80. The monoisotopic (exact) mass is 263 g/mol. The highest BCUT2D eigenvalue weighted by atomic mass is 19.1. The fraction of sp³-hybridized carbons (Fsp3) is 0.562. The number of nitrogens with zero attached hydrogens (tertiary/aromatic N) is 1. The normalized spacial score (nSPS) is 20.7. The Morgan fingerprint density at radius 3 is 2.63 bits per heavy atom. The second-order valence-electron chi connectivity index (χ2n) is 6.49. The van der Waals surface area contributed by atoms with Crippen LogP contribution < -0.4 is 0 Å². The van der Waals surface area contributed by atoms with Gasteiger partial charge in [0.25, 0.3) is 0 Å². The van der Waals surface area contributed by atoms with Crippen LogP contribution in [0.4, 0.5) is 4.39 Å². The minimum Gasteiger partial charge on any atom is -0.295 e. The smallest absolute Gasteiger partial charge is 0.179 e. The molecule has 3 heteroatoms. The van der Waals surface area contributed by atoms with Crippen LogP contribution in [0.15, 0.2) is 24.3 Å². The molecule has 2 rings (SSSR count). The molecule has 0 saturated carbocycles. The Morgan fingerprint density at radius 1 is 1.37 bits per heavy atom. The van der Waals surface area contributed by atoms with Crippen LogP contribution in [0, 0.1) is 17.2 Å². The van der Waals surface area contributed by atoms with Crippen molar-refractivity contribution in [1.29, 1.82) is 0 Å². The number of hydrogen-bond acceptors (Lipinski definition) is 2. The summed E-state index contributed by atoms with van der Waals surface area (Å²) in [6, 6.07) is 6.22. The van der Waals surface area contributed by atoms with Gasteiger partial charge in [-0.2, -0.15) is 0 Å². The van der Waals surface area contributed by atoms with Crippen molar-refractivity contribution in [3.8, 4) is 0 Å². The van der Waals surface area contributed by atoms with Crippen LogP contribution >= 0.6 is 0 Å². The van der Waals surface area contributed by atoms with E-state index in [1.165, 1.54) is 6.07 Å². The van der Waals surface area contributed by atoms with Gasteiger partial charge in [0.05, 0.1) is 12.1 Å². The summed E-state index contributed by atoms with van der Waals surface area (Å²) in [5.74, 6) is 0.0765. The molecule has 2 nitrogen and oxygen atoms in total. The Kier molecular flexibility index (Phi) is 4.04. The molecule has 1 aromatic rings. The highest BCUT2D eigenvalue weighted by molar-refractivity contribution is 5.97. The summed E-state index contributed by atoms with van der Waals surface area (Å²) in [5, 5.41) is 0. The van der Waals surface area contributed by atoms with Crippen molar-refractivity contribution < 1.29 is 9.18 Å². The molecule has 1 saturated heterocycles. The van der Waals surface area contributed by atoms with Crippen LogP contribution in [0.5, 0.6) is 0 Å². The summed E-state index contributed by atoms with van der Waals surface area (Å²) < 4.78 is 13.5. The van der Waals surface area contributed by atoms with Gasteiger partial charge in [-0.15, -0.1) is 0 Å². The Morgan fingerprint density at radius 2 is 2.05 bits per heavy atom. The molecule has 104 valence electrons. The number of ketones is 1. The first-order chi connectivity index (χ1) is 8.88. The lowest BCUT2D eigenvalue weighted by Crippen LogP contribution is -2.30. The van der Waals surface area contributed by atoms with Gasteiger partial charge in [0.1, 0.15) is 5.82 Å². The van der Waals surface area contributed by atoms with Crippen molar-refractivity contribution in [2.45, 2.75) is 27.2 Å². The quantitative estimate of drug-likeness (QED) is 0.779. The molecule has 1 aliphatic heterocycles. The summed E-state index contributed by atoms with van der Waals surface area (Å²) in [4.78, 5) is 14.2. The molecule has 0 spiro atoms. The van der Waals surface area contributed by atoms with Gasteiger partial charge >= 0.3 is 0 Å². The van der Waals surface area contributed by atoms with Gasteiger partial charge in [-0.25, -0.2) is 4.39 Å². The summed E-state index contributed by atoms with van der Waals surface area (Å²) in [6.45, 7) is 8.90. The van der Waals surface area contributed by atoms with Gasteiger partial charge in [-0.3, -0.25) is 9.69 Å². The summed E-state index contributed by atoms with van der Waals surface area (Å²) in [6.07, 6.45) is 1.12. The van der Waals surface area contributed by atoms with Gasteiger partial charge in [-0.1, -0.05) is 32.9 Å². The lowest BCUT2D eigenvalue weighted by molar-refractivity contribution is 0.0934. The predicted octanol–water partition coefficient (Wildman–Crippen LogP) is 3.38. The topological polar surface area (TPSA) is 20.3 Å². The molecular weight excluding hydrogens is 241 g/mol. The standard InChI is InChI=1S/C16H22FNO/c1-16(2,3)12-8-9-18(10-12)11-15(19)13-6-4-5-7-14(13)17/h4-7,12H,8-11H2,1-3H3. The van der Waals surface area contributed by atoms with E-state index in [0.717, 1.165) is 19.5 Å². The Balaban J connectivity index is 1.97. The van der Waals surface area contributed by atoms with Crippen LogP contribution in [0.2, 0.25) is 0 Å². The Labute approximate surface area is 114 Å². The van der Waals surface area contributed by atoms with Crippen molar-refractivity contribution in [2.75, 3.05) is 19.6 Å². The molecule has 0 aliphatic carbocycles. The number of halogens is 1. The highest BCUT2D eigenvalue weighted by Gasteiger charge is 2.32. The summed E-state index contributed by atoms with van der Waals surface area (Å²) in [7, 11) is 0. The fourth-order valence-electron chi connectivity index (χ4n) is 2.66. The molecule has 0 radical (unpaired) electrons. The third-order valence-corrected chi connectivity index (χ3v) is 4.04. The zero-order valence-electron chi connectivity index (χ0n) is 11.9. The van der Waals surface area contributed by atoms with Crippen molar-refractivity contribution in [1.82, 2.24) is 4.90 Å². The molecule has 0 N–H and O–H groups in total. The molecular formula is C16H22FNO. The third-order valence-electron chi connectivity index (χ3n) is 4.04. The van der Waals surface area contributed by atoms with E-state index in [1.807, 2.05) is 0 Å². The van der Waals surface area contributed by atoms with Gasteiger partial charge < -0.3 is 0 Å². The maximum absolute atomic E-state index is 13.5. The molecule has 1 heterocycles. The average molecular weight is 263 g/mol. The zero-order chi connectivity index (χ0) is 14.0. The number of benzene rings is 1. The van der Waals surface area contributed by atoms with E-state index in [9.17, 15) is 9.18 Å². The van der Waals surface area contributed by atoms with Crippen LogP contribution in [0.1, 0.15) is 37.6 Å². The number of likely N-dealkylation sites (tertiary alicyclic amines) is 1. The SMILES string of the molecule is CC(C)(C)C1CCN(CC(=O)c2ccccc2F)C1. The zero-order valence-corrected chi connectivity index (χ0v) is 11.9. The van der Waals surface area contributed by atoms with Crippen molar-refractivity contribution in [2.24, 2.45) is 11.3 Å². The van der Waals surface area contributed by atoms with E-state index >= 15 is 0 Å². The molecule has 0 amide bonds. The van der Waals surface area contributed by atoms with Crippen LogP contribution in [-0.4, -0.2) is 30.3 Å².